The number of carbonyl (C=O) groups excluding carboxylic acids is 2. The number of amides is 4. The number of halogens is 2. The summed E-state index contributed by atoms with van der Waals surface area (Å²) in [5.41, 5.74) is 12.2. The number of hydrogen-bond acceptors (Lipinski definition) is 12. The van der Waals surface area contributed by atoms with Gasteiger partial charge in [0.25, 0.3) is 0 Å². The van der Waals surface area contributed by atoms with E-state index in [1.165, 1.54) is 11.1 Å². The van der Waals surface area contributed by atoms with Crippen LogP contribution in [0.2, 0.25) is 10.0 Å². The van der Waals surface area contributed by atoms with Crippen LogP contribution in [-0.2, 0) is 42.6 Å². The van der Waals surface area contributed by atoms with Gasteiger partial charge in [0.05, 0.1) is 36.2 Å². The van der Waals surface area contributed by atoms with Gasteiger partial charge in [0.1, 0.15) is 0 Å². The molecule has 4 aromatic rings. The number of unbranched alkanes of at least 4 members (excludes halogenated alkanes) is 1. The predicted molar refractivity (Wildman–Crippen MR) is 315 cm³/mol. The van der Waals surface area contributed by atoms with Gasteiger partial charge < -0.3 is 50.3 Å². The summed E-state index contributed by atoms with van der Waals surface area (Å²) in [6, 6.07) is 15.3. The Hall–Kier alpha value is -4.42. The normalized spacial score (nSPS) is 20.2. The van der Waals surface area contributed by atoms with E-state index in [4.69, 9.17) is 43.0 Å². The first-order valence-corrected chi connectivity index (χ1v) is 31.8. The van der Waals surface area contributed by atoms with E-state index in [2.05, 4.69) is 80.9 Å². The molecule has 2 fully saturated rings. The maximum atomic E-state index is 12.9. The fourth-order valence-electron chi connectivity index (χ4n) is 12.4. The Morgan fingerprint density at radius 3 is 1.32 bits per heavy atom. The number of primary sulfonamides is 2. The maximum Gasteiger partial charge on any atom is 0.314 e. The zero-order valence-corrected chi connectivity index (χ0v) is 50.4. The van der Waals surface area contributed by atoms with Crippen LogP contribution in [0, 0.1) is 27.7 Å². The van der Waals surface area contributed by atoms with Crippen molar-refractivity contribution in [2.45, 2.75) is 99.9 Å². The predicted octanol–water partition coefficient (Wildman–Crippen LogP) is 6.37. The zero-order valence-electron chi connectivity index (χ0n) is 47.3. The number of sulfonamides is 2. The van der Waals surface area contributed by atoms with Gasteiger partial charge in [-0.2, -0.15) is 0 Å². The number of likely N-dealkylation sites (tertiary alicyclic amines) is 2. The Morgan fingerprint density at radius 2 is 0.938 bits per heavy atom. The minimum atomic E-state index is -3.97. The molecule has 0 bridgehead atoms. The van der Waals surface area contributed by atoms with Crippen LogP contribution in [0.1, 0.15) is 116 Å². The number of likely N-dealkylation sites (N-methyl/N-ethyl adjacent to an activating group) is 2. The van der Waals surface area contributed by atoms with E-state index in [0.29, 0.717) is 99.7 Å². The molecule has 0 saturated carbocycles. The lowest BCUT2D eigenvalue weighted by Crippen LogP contribution is -2.39. The molecule has 0 radical (unpaired) electrons. The Kier molecular flexibility index (Phi) is 21.0. The third-order valence-electron chi connectivity index (χ3n) is 16.6. The van der Waals surface area contributed by atoms with Crippen LogP contribution in [0.25, 0.3) is 0 Å². The van der Waals surface area contributed by atoms with Crippen molar-refractivity contribution in [3.63, 3.8) is 0 Å². The van der Waals surface area contributed by atoms with Crippen molar-refractivity contribution in [1.82, 2.24) is 40.9 Å². The SMILES string of the molecule is Cc1cc(Cl)cc2c1CN(C)CC2c1cc([C@H]2CCN(CCOCCNC(=O)NCCCCNC(=O)NCCOCCN3CC[C@H](c4cc(C5CN(C)Cc6c(C)cc(Cl)cc65)cc(S(N)(=O)=O)c4C)C3)C2)c(C)c(S(N)(=O)=O)c1. The molecule has 4 amide bonds. The molecule has 2 unspecified atom stereocenters. The number of nitrogens with zero attached hydrogens (tertiary/aromatic N) is 4. The second kappa shape index (κ2) is 27.3. The highest BCUT2D eigenvalue weighted by Crippen LogP contribution is 2.43. The van der Waals surface area contributed by atoms with Crippen molar-refractivity contribution < 1.29 is 35.9 Å². The minimum Gasteiger partial charge on any atom is -0.378 e. The third-order valence-corrected chi connectivity index (χ3v) is 19.1. The van der Waals surface area contributed by atoms with E-state index in [-0.39, 0.29) is 45.5 Å². The average Bonchev–Trinajstić information content (AvgIpc) is 4.20. The molecule has 22 heteroatoms. The molecule has 438 valence electrons. The number of benzene rings is 4. The average molecular weight is 1180 g/mol. The van der Waals surface area contributed by atoms with E-state index in [9.17, 15) is 26.4 Å². The van der Waals surface area contributed by atoms with E-state index < -0.39 is 20.0 Å². The van der Waals surface area contributed by atoms with Crippen molar-refractivity contribution >= 4 is 55.3 Å². The lowest BCUT2D eigenvalue weighted by Gasteiger charge is -2.34. The summed E-state index contributed by atoms with van der Waals surface area (Å²) < 4.78 is 63.5. The molecule has 4 atom stereocenters. The molecule has 0 aromatic heterocycles. The number of ether oxygens (including phenoxy) is 2. The van der Waals surface area contributed by atoms with Gasteiger partial charge in [-0.15, -0.1) is 0 Å². The summed E-state index contributed by atoms with van der Waals surface area (Å²) in [7, 11) is -3.78. The van der Waals surface area contributed by atoms with E-state index in [0.717, 1.165) is 110 Å². The third kappa shape index (κ3) is 15.8. The fraction of sp³-hybridized carbons (Fsp3) is 0.552. The minimum absolute atomic E-state index is 0.0522. The van der Waals surface area contributed by atoms with Crippen LogP contribution in [0.3, 0.4) is 0 Å². The molecule has 4 aliphatic rings. The van der Waals surface area contributed by atoms with Gasteiger partial charge in [-0.05, 0) is 196 Å². The van der Waals surface area contributed by atoms with E-state index >= 15 is 0 Å². The molecule has 4 heterocycles. The molecule has 0 aliphatic carbocycles. The molecule has 0 spiro atoms. The molecule has 8 N–H and O–H groups in total. The van der Waals surface area contributed by atoms with Crippen LogP contribution in [0.4, 0.5) is 9.59 Å². The molecular weight excluding hydrogens is 1100 g/mol. The van der Waals surface area contributed by atoms with Crippen molar-refractivity contribution in [3.8, 4) is 0 Å². The summed E-state index contributed by atoms with van der Waals surface area (Å²) >= 11 is 13.1. The second-order valence-electron chi connectivity index (χ2n) is 22.5. The van der Waals surface area contributed by atoms with Gasteiger partial charge in [-0.25, -0.2) is 36.7 Å². The van der Waals surface area contributed by atoms with Crippen molar-refractivity contribution in [3.05, 3.63) is 125 Å². The van der Waals surface area contributed by atoms with Crippen LogP contribution in [0.15, 0.2) is 58.3 Å². The summed E-state index contributed by atoms with van der Waals surface area (Å²) in [5, 5.41) is 24.4. The molecule has 8 rings (SSSR count). The van der Waals surface area contributed by atoms with Crippen LogP contribution < -0.4 is 31.5 Å². The number of rotatable bonds is 23. The molecule has 80 heavy (non-hydrogen) atoms. The first-order chi connectivity index (χ1) is 38.0. The van der Waals surface area contributed by atoms with Gasteiger partial charge in [0.15, 0.2) is 0 Å². The lowest BCUT2D eigenvalue weighted by atomic mass is 9.81. The van der Waals surface area contributed by atoms with Gasteiger partial charge in [0, 0.05) is 100 Å². The van der Waals surface area contributed by atoms with Crippen LogP contribution in [-0.4, -0.2) is 168 Å². The molecule has 4 aliphatic heterocycles. The molecular formula is C58H82Cl2N10O8S2. The largest absolute Gasteiger partial charge is 0.378 e. The number of urea groups is 2. The first-order valence-electron chi connectivity index (χ1n) is 28.0. The Balaban J connectivity index is 0.664. The number of fused-ring (bicyclic) bond motifs is 2. The highest BCUT2D eigenvalue weighted by molar-refractivity contribution is 7.89. The molecule has 18 nitrogen and oxygen atoms in total. The Morgan fingerprint density at radius 1 is 0.550 bits per heavy atom. The Bertz CT molecular complexity index is 2910. The highest BCUT2D eigenvalue weighted by Gasteiger charge is 2.34. The standard InChI is InChI=1S/C58H82Cl2N10O8S2/c1-37-23-45(59)29-49-51(37)33-67(5)35-53(49)43-25-47(39(3)55(27-43)79(61,73)74)41-9-15-69(31-41)17-21-77-19-13-65-57(71)63-11-7-8-12-64-58(72)66-14-20-78-22-18-70-16-10-42(32-70)48-26-44(28-56(40(48)4)80(62,75)76)54-36-68(6)34-52-38(2)24-46(60)30-50(52)54/h23-30,41-42,53-54H,7-22,31-36H2,1-6H3,(H2,61,73,74)(H2,62,75,76)(H2,63,65,71)(H2,64,66,72)/t41-,42-,53?,54?/m0/s1. The number of nitrogens with one attached hydrogen (secondary N) is 4. The summed E-state index contributed by atoms with van der Waals surface area (Å²) in [4.78, 5) is 34.3. The van der Waals surface area contributed by atoms with Crippen LogP contribution >= 0.6 is 23.2 Å². The fourth-order valence-corrected chi connectivity index (χ4v) is 14.7. The summed E-state index contributed by atoms with van der Waals surface area (Å²) in [5.74, 6) is 0.170. The molecule has 4 aromatic carbocycles. The number of carbonyl (C=O) groups is 2. The molecule has 2 saturated heterocycles. The Labute approximate surface area is 484 Å². The monoisotopic (exact) mass is 1180 g/mol. The van der Waals surface area contributed by atoms with E-state index in [1.54, 1.807) is 12.1 Å². The van der Waals surface area contributed by atoms with E-state index in [1.807, 2.05) is 38.1 Å². The summed E-state index contributed by atoms with van der Waals surface area (Å²) in [6.07, 6.45) is 3.14. The topological polar surface area (TPSA) is 234 Å². The maximum absolute atomic E-state index is 12.9. The zero-order chi connectivity index (χ0) is 57.5. The lowest BCUT2D eigenvalue weighted by molar-refractivity contribution is 0.113. The van der Waals surface area contributed by atoms with Crippen LogP contribution in [0.5, 0.6) is 0 Å². The number of hydrogen-bond donors (Lipinski definition) is 6. The number of aryl methyl sites for hydroxylation is 2. The highest BCUT2D eigenvalue weighted by atomic mass is 35.5. The first kappa shape index (κ1) is 61.6. The van der Waals surface area contributed by atoms with Gasteiger partial charge >= 0.3 is 12.1 Å². The summed E-state index contributed by atoms with van der Waals surface area (Å²) in [6.45, 7) is 19.0. The van der Waals surface area contributed by atoms with Crippen molar-refractivity contribution in [1.29, 1.82) is 0 Å². The number of nitrogens with two attached hydrogens (primary N) is 2. The quantitative estimate of drug-likeness (QED) is 0.0445. The second-order valence-corrected chi connectivity index (χ2v) is 26.4. The van der Waals surface area contributed by atoms with Gasteiger partial charge in [-0.1, -0.05) is 35.3 Å². The van der Waals surface area contributed by atoms with Gasteiger partial charge in [0.2, 0.25) is 20.0 Å². The van der Waals surface area contributed by atoms with Crippen molar-refractivity contribution in [2.75, 3.05) is 119 Å². The smallest absolute Gasteiger partial charge is 0.314 e. The van der Waals surface area contributed by atoms with Crippen molar-refractivity contribution in [2.24, 2.45) is 10.3 Å². The van der Waals surface area contributed by atoms with Gasteiger partial charge in [-0.3, -0.25) is 0 Å².